The van der Waals surface area contributed by atoms with Crippen LogP contribution in [0.1, 0.15) is 23.6 Å². The van der Waals surface area contributed by atoms with Crippen LogP contribution in [0.4, 0.5) is 0 Å². The highest BCUT2D eigenvalue weighted by Crippen LogP contribution is 2.34. The standard InChI is InChI=1S/C15H16ClNO2/c1-4-17-14-10(3)9(2)5-6-11(14)12(15(17)16)7-8-13(18)19/h5-8H,4H2,1-3H3,(H,18,19)/b8-7+. The van der Waals surface area contributed by atoms with Crippen LogP contribution in [-0.2, 0) is 11.3 Å². The first-order valence-electron chi connectivity index (χ1n) is 6.16. The zero-order valence-electron chi connectivity index (χ0n) is 11.2. The number of halogens is 1. The number of hydrogen-bond donors (Lipinski definition) is 1. The molecule has 0 radical (unpaired) electrons. The summed E-state index contributed by atoms with van der Waals surface area (Å²) in [7, 11) is 0. The van der Waals surface area contributed by atoms with Crippen LogP contribution in [0.25, 0.3) is 17.0 Å². The van der Waals surface area contributed by atoms with Crippen LogP contribution < -0.4 is 0 Å². The summed E-state index contributed by atoms with van der Waals surface area (Å²) in [6.07, 6.45) is 2.68. The SMILES string of the molecule is CCn1c(Cl)c(/C=C/C(=O)O)c2ccc(C)c(C)c21. The molecule has 0 spiro atoms. The van der Waals surface area contributed by atoms with Crippen molar-refractivity contribution < 1.29 is 9.90 Å². The van der Waals surface area contributed by atoms with Crippen molar-refractivity contribution >= 4 is 34.5 Å². The zero-order chi connectivity index (χ0) is 14.2. The summed E-state index contributed by atoms with van der Waals surface area (Å²) in [5.41, 5.74) is 4.22. The van der Waals surface area contributed by atoms with E-state index in [9.17, 15) is 4.79 Å². The molecular weight excluding hydrogens is 262 g/mol. The Morgan fingerprint density at radius 2 is 2.11 bits per heavy atom. The van der Waals surface area contributed by atoms with Gasteiger partial charge in [-0.25, -0.2) is 4.79 Å². The predicted octanol–water partition coefficient (Wildman–Crippen LogP) is 4.03. The number of nitrogens with zero attached hydrogens (tertiary/aromatic N) is 1. The van der Waals surface area contributed by atoms with E-state index in [0.29, 0.717) is 5.15 Å². The van der Waals surface area contributed by atoms with Gasteiger partial charge in [0, 0.05) is 23.6 Å². The number of aromatic nitrogens is 1. The third-order valence-corrected chi connectivity index (χ3v) is 3.84. The van der Waals surface area contributed by atoms with E-state index in [4.69, 9.17) is 16.7 Å². The van der Waals surface area contributed by atoms with Gasteiger partial charge < -0.3 is 9.67 Å². The molecule has 1 aromatic carbocycles. The minimum Gasteiger partial charge on any atom is -0.478 e. The van der Waals surface area contributed by atoms with E-state index in [1.54, 1.807) is 6.08 Å². The van der Waals surface area contributed by atoms with Crippen molar-refractivity contribution in [1.29, 1.82) is 0 Å². The average Bonchev–Trinajstić information content (AvgIpc) is 2.64. The molecule has 1 aromatic heterocycles. The average molecular weight is 278 g/mol. The van der Waals surface area contributed by atoms with Crippen LogP contribution in [0.15, 0.2) is 18.2 Å². The highest BCUT2D eigenvalue weighted by Gasteiger charge is 2.15. The molecule has 0 aliphatic heterocycles. The molecule has 19 heavy (non-hydrogen) atoms. The van der Waals surface area contributed by atoms with Crippen molar-refractivity contribution in [3.63, 3.8) is 0 Å². The second-order valence-electron chi connectivity index (χ2n) is 4.52. The Bertz CT molecular complexity index is 683. The van der Waals surface area contributed by atoms with E-state index in [-0.39, 0.29) is 0 Å². The molecule has 0 amide bonds. The van der Waals surface area contributed by atoms with Gasteiger partial charge in [-0.15, -0.1) is 0 Å². The first kappa shape index (κ1) is 13.7. The van der Waals surface area contributed by atoms with Gasteiger partial charge in [0.25, 0.3) is 0 Å². The molecular formula is C15H16ClNO2. The van der Waals surface area contributed by atoms with Crippen LogP contribution in [0.3, 0.4) is 0 Å². The highest BCUT2D eigenvalue weighted by molar-refractivity contribution is 6.33. The molecule has 0 saturated carbocycles. The van der Waals surface area contributed by atoms with E-state index < -0.39 is 5.97 Å². The van der Waals surface area contributed by atoms with Crippen molar-refractivity contribution in [2.45, 2.75) is 27.3 Å². The molecule has 0 saturated heterocycles. The maximum atomic E-state index is 10.7. The molecule has 0 fully saturated rings. The third-order valence-electron chi connectivity index (χ3n) is 3.43. The van der Waals surface area contributed by atoms with Gasteiger partial charge in [-0.1, -0.05) is 23.7 Å². The van der Waals surface area contributed by atoms with Crippen LogP contribution in [0.2, 0.25) is 5.15 Å². The molecule has 1 heterocycles. The Balaban J connectivity index is 2.82. The van der Waals surface area contributed by atoms with Crippen LogP contribution in [0.5, 0.6) is 0 Å². The number of hydrogen-bond acceptors (Lipinski definition) is 1. The first-order valence-corrected chi connectivity index (χ1v) is 6.54. The summed E-state index contributed by atoms with van der Waals surface area (Å²) < 4.78 is 2.01. The molecule has 4 heteroatoms. The van der Waals surface area contributed by atoms with Crippen molar-refractivity contribution in [2.24, 2.45) is 0 Å². The molecule has 0 aliphatic carbocycles. The smallest absolute Gasteiger partial charge is 0.328 e. The Morgan fingerprint density at radius 1 is 1.42 bits per heavy atom. The molecule has 3 nitrogen and oxygen atoms in total. The van der Waals surface area contributed by atoms with E-state index in [2.05, 4.69) is 13.8 Å². The molecule has 0 bridgehead atoms. The van der Waals surface area contributed by atoms with Crippen molar-refractivity contribution in [1.82, 2.24) is 4.57 Å². The fourth-order valence-corrected chi connectivity index (χ4v) is 2.70. The quantitative estimate of drug-likeness (QED) is 0.861. The van der Waals surface area contributed by atoms with E-state index >= 15 is 0 Å². The van der Waals surface area contributed by atoms with Crippen LogP contribution in [0, 0.1) is 13.8 Å². The number of aliphatic carboxylic acids is 1. The molecule has 0 unspecified atom stereocenters. The Hall–Kier alpha value is -1.74. The topological polar surface area (TPSA) is 42.2 Å². The summed E-state index contributed by atoms with van der Waals surface area (Å²) in [6, 6.07) is 4.03. The lowest BCUT2D eigenvalue weighted by Gasteiger charge is -2.07. The number of aryl methyl sites for hydroxylation is 3. The molecule has 2 aromatic rings. The molecule has 100 valence electrons. The zero-order valence-corrected chi connectivity index (χ0v) is 12.0. The number of benzene rings is 1. The Labute approximate surface area is 117 Å². The minimum atomic E-state index is -0.975. The molecule has 0 atom stereocenters. The van der Waals surface area contributed by atoms with Gasteiger partial charge in [0.2, 0.25) is 0 Å². The summed E-state index contributed by atoms with van der Waals surface area (Å²) in [6.45, 7) is 6.89. The monoisotopic (exact) mass is 277 g/mol. The van der Waals surface area contributed by atoms with Crippen molar-refractivity contribution in [3.8, 4) is 0 Å². The minimum absolute atomic E-state index is 0.587. The van der Waals surface area contributed by atoms with Crippen LogP contribution in [-0.4, -0.2) is 15.6 Å². The first-order chi connectivity index (χ1) is 8.97. The maximum Gasteiger partial charge on any atom is 0.328 e. The summed E-state index contributed by atoms with van der Waals surface area (Å²) in [5, 5.41) is 10.3. The second-order valence-corrected chi connectivity index (χ2v) is 4.88. The number of rotatable bonds is 3. The maximum absolute atomic E-state index is 10.7. The molecule has 1 N–H and O–H groups in total. The van der Waals surface area contributed by atoms with Crippen LogP contribution >= 0.6 is 11.6 Å². The van der Waals surface area contributed by atoms with Gasteiger partial charge in [-0.2, -0.15) is 0 Å². The van der Waals surface area contributed by atoms with Crippen molar-refractivity contribution in [2.75, 3.05) is 0 Å². The van der Waals surface area contributed by atoms with Gasteiger partial charge in [0.05, 0.1) is 5.52 Å². The summed E-state index contributed by atoms with van der Waals surface area (Å²) in [4.78, 5) is 10.7. The lowest BCUT2D eigenvalue weighted by molar-refractivity contribution is -0.131. The fourth-order valence-electron chi connectivity index (χ4n) is 2.33. The van der Waals surface area contributed by atoms with Gasteiger partial charge in [-0.05, 0) is 38.0 Å². The van der Waals surface area contributed by atoms with E-state index in [1.807, 2.05) is 23.6 Å². The molecule has 2 rings (SSSR count). The summed E-state index contributed by atoms with van der Waals surface area (Å²) in [5.74, 6) is -0.975. The van der Waals surface area contributed by atoms with Gasteiger partial charge in [0.1, 0.15) is 5.15 Å². The number of carboxylic acids is 1. The lowest BCUT2D eigenvalue weighted by Crippen LogP contribution is -1.96. The van der Waals surface area contributed by atoms with Crippen molar-refractivity contribution in [3.05, 3.63) is 40.1 Å². The Kier molecular flexibility index (Phi) is 3.67. The van der Waals surface area contributed by atoms with Gasteiger partial charge >= 0.3 is 5.97 Å². The number of fused-ring (bicyclic) bond motifs is 1. The second kappa shape index (κ2) is 5.10. The highest BCUT2D eigenvalue weighted by atomic mass is 35.5. The van der Waals surface area contributed by atoms with E-state index in [0.717, 1.165) is 29.1 Å². The number of carbonyl (C=O) groups is 1. The fraction of sp³-hybridized carbons (Fsp3) is 0.267. The van der Waals surface area contributed by atoms with Gasteiger partial charge in [0.15, 0.2) is 0 Å². The van der Waals surface area contributed by atoms with Gasteiger partial charge in [-0.3, -0.25) is 0 Å². The largest absolute Gasteiger partial charge is 0.478 e. The predicted molar refractivity (Wildman–Crippen MR) is 78.8 cm³/mol. The lowest BCUT2D eigenvalue weighted by atomic mass is 10.0. The third kappa shape index (κ3) is 2.26. The number of carboxylic acid groups (broad SMARTS) is 1. The molecule has 0 aliphatic rings. The normalized spacial score (nSPS) is 11.6. The summed E-state index contributed by atoms with van der Waals surface area (Å²) >= 11 is 6.38. The van der Waals surface area contributed by atoms with E-state index in [1.165, 1.54) is 11.1 Å². The Morgan fingerprint density at radius 3 is 2.68 bits per heavy atom.